The minimum Gasteiger partial charge on any atom is -0.480 e. The van der Waals surface area contributed by atoms with Gasteiger partial charge in [-0.3, -0.25) is 24.2 Å². The predicted molar refractivity (Wildman–Crippen MR) is 188 cm³/mol. The molecule has 264 valence electrons. The highest BCUT2D eigenvalue weighted by atomic mass is 16.4. The number of amides is 4. The Balaban J connectivity index is 1.07. The summed E-state index contributed by atoms with van der Waals surface area (Å²) in [7, 11) is 0. The predicted octanol–water partition coefficient (Wildman–Crippen LogP) is 3.89. The molecule has 0 spiro atoms. The first-order chi connectivity index (χ1) is 23.5. The summed E-state index contributed by atoms with van der Waals surface area (Å²) in [5, 5.41) is 12.1. The van der Waals surface area contributed by atoms with Crippen LogP contribution >= 0.6 is 0 Å². The molecular formula is C38H52N6O5. The number of piperidine rings is 2. The lowest BCUT2D eigenvalue weighted by Gasteiger charge is -2.43. The van der Waals surface area contributed by atoms with E-state index in [4.69, 9.17) is 5.11 Å². The molecule has 3 saturated heterocycles. The van der Waals surface area contributed by atoms with Crippen molar-refractivity contribution in [2.45, 2.75) is 77.9 Å². The highest BCUT2D eigenvalue weighted by Gasteiger charge is 2.36. The van der Waals surface area contributed by atoms with Crippen molar-refractivity contribution in [1.29, 1.82) is 0 Å². The number of carboxylic acids is 1. The molecule has 1 atom stereocenters. The fraction of sp³-hybridized carbons (Fsp3) is 0.579. The van der Waals surface area contributed by atoms with Gasteiger partial charge in [-0.15, -0.1) is 0 Å². The number of nitrogens with zero attached hydrogens (tertiary/aromatic N) is 5. The minimum atomic E-state index is -0.785. The molecule has 0 radical (unpaired) electrons. The molecule has 4 amide bonds. The number of carbonyl (C=O) groups is 4. The molecular weight excluding hydrogens is 620 g/mol. The molecule has 0 bridgehead atoms. The number of anilines is 1. The van der Waals surface area contributed by atoms with Gasteiger partial charge in [0, 0.05) is 83.1 Å². The number of para-hydroxylation sites is 1. The van der Waals surface area contributed by atoms with Crippen molar-refractivity contribution < 1.29 is 24.3 Å². The molecule has 0 aliphatic carbocycles. The Morgan fingerprint density at radius 3 is 2.10 bits per heavy atom. The van der Waals surface area contributed by atoms with Gasteiger partial charge in [-0.1, -0.05) is 30.3 Å². The van der Waals surface area contributed by atoms with Gasteiger partial charge in [0.05, 0.1) is 12.5 Å². The zero-order valence-electron chi connectivity index (χ0n) is 29.3. The lowest BCUT2D eigenvalue weighted by Crippen LogP contribution is -2.55. The zero-order valence-corrected chi connectivity index (χ0v) is 29.3. The van der Waals surface area contributed by atoms with Gasteiger partial charge in [0.1, 0.15) is 0 Å². The average Bonchev–Trinajstić information content (AvgIpc) is 3.10. The number of hydrogen-bond donors (Lipinski definition) is 2. The van der Waals surface area contributed by atoms with Crippen molar-refractivity contribution in [2.24, 2.45) is 5.92 Å². The fourth-order valence-corrected chi connectivity index (χ4v) is 8.25. The summed E-state index contributed by atoms with van der Waals surface area (Å²) in [5.74, 6) is -1.15. The van der Waals surface area contributed by atoms with E-state index in [0.717, 1.165) is 55.8 Å². The first kappa shape index (κ1) is 34.9. The van der Waals surface area contributed by atoms with Gasteiger partial charge < -0.3 is 25.1 Å². The number of nitrogens with one attached hydrogen (secondary N) is 1. The molecule has 4 aliphatic heterocycles. The van der Waals surface area contributed by atoms with Crippen LogP contribution < -0.4 is 5.32 Å². The summed E-state index contributed by atoms with van der Waals surface area (Å²) in [6.07, 6.45) is 3.91. The highest BCUT2D eigenvalue weighted by Crippen LogP contribution is 2.29. The number of aryl methyl sites for hydroxylation is 2. The summed E-state index contributed by atoms with van der Waals surface area (Å²) in [5.41, 5.74) is 6.71. The average molecular weight is 673 g/mol. The van der Waals surface area contributed by atoms with E-state index in [1.165, 1.54) is 16.7 Å². The smallest absolute Gasteiger partial charge is 0.322 e. The minimum absolute atomic E-state index is 0.0138. The van der Waals surface area contributed by atoms with E-state index < -0.39 is 11.9 Å². The Morgan fingerprint density at radius 2 is 1.45 bits per heavy atom. The Bertz CT molecular complexity index is 1520. The summed E-state index contributed by atoms with van der Waals surface area (Å²) >= 11 is 0. The number of urea groups is 1. The van der Waals surface area contributed by atoms with Crippen LogP contribution in [0.5, 0.6) is 0 Å². The number of benzene rings is 2. The van der Waals surface area contributed by atoms with Crippen LogP contribution in [0.25, 0.3) is 0 Å². The second-order valence-corrected chi connectivity index (χ2v) is 14.5. The standard InChI is InChI=1S/C38H52N6O5/c1-26-20-29(21-27(2)28(26)3)22-31(37(48)43-14-8-32(9-15-43)41-18-16-40(17-19-41)25-36(46)47)23-35(45)42-12-10-33(11-13-42)44-24-30-6-4-5-7-34(30)39-38(44)49/h4-7,20-21,31-33H,8-19,22-25H2,1-3H3,(H,39,49)(H,46,47)/t31-/m1/s1. The van der Waals surface area contributed by atoms with Crippen molar-refractivity contribution in [2.75, 3.05) is 64.2 Å². The lowest BCUT2D eigenvalue weighted by molar-refractivity contribution is -0.143. The number of carboxylic acid groups (broad SMARTS) is 1. The number of likely N-dealkylation sites (tertiary alicyclic amines) is 2. The Labute approximate surface area is 290 Å². The van der Waals surface area contributed by atoms with E-state index in [1.807, 2.05) is 43.9 Å². The third kappa shape index (κ3) is 8.27. The maximum absolute atomic E-state index is 14.2. The number of aliphatic carboxylic acids is 1. The van der Waals surface area contributed by atoms with Crippen LogP contribution in [-0.2, 0) is 27.3 Å². The molecule has 49 heavy (non-hydrogen) atoms. The number of fused-ring (bicyclic) bond motifs is 1. The van der Waals surface area contributed by atoms with Gasteiger partial charge in [0.2, 0.25) is 11.8 Å². The van der Waals surface area contributed by atoms with Crippen LogP contribution in [0.15, 0.2) is 36.4 Å². The third-order valence-corrected chi connectivity index (χ3v) is 11.4. The fourth-order valence-electron chi connectivity index (χ4n) is 8.25. The summed E-state index contributed by atoms with van der Waals surface area (Å²) in [4.78, 5) is 62.3. The summed E-state index contributed by atoms with van der Waals surface area (Å²) < 4.78 is 0. The number of hydrogen-bond acceptors (Lipinski definition) is 6. The molecule has 11 heteroatoms. The molecule has 3 fully saturated rings. The van der Waals surface area contributed by atoms with Gasteiger partial charge in [-0.05, 0) is 86.8 Å². The maximum atomic E-state index is 14.2. The maximum Gasteiger partial charge on any atom is 0.322 e. The normalized spacial score (nSPS) is 20.6. The van der Waals surface area contributed by atoms with Gasteiger partial charge in [-0.25, -0.2) is 4.79 Å². The van der Waals surface area contributed by atoms with Gasteiger partial charge in [-0.2, -0.15) is 0 Å². The SMILES string of the molecule is Cc1cc(C[C@H](CC(=O)N2CCC(N3Cc4ccccc4NC3=O)CC2)C(=O)N2CCC(N3CCN(CC(=O)O)CC3)CC2)cc(C)c1C. The largest absolute Gasteiger partial charge is 0.480 e. The topological polar surface area (TPSA) is 117 Å². The Morgan fingerprint density at radius 1 is 0.837 bits per heavy atom. The number of carbonyl (C=O) groups excluding carboxylic acids is 3. The molecule has 6 rings (SSSR count). The van der Waals surface area contributed by atoms with Crippen molar-refractivity contribution >= 4 is 29.5 Å². The lowest BCUT2D eigenvalue weighted by atomic mass is 9.89. The first-order valence-corrected chi connectivity index (χ1v) is 18.0. The molecule has 11 nitrogen and oxygen atoms in total. The van der Waals surface area contributed by atoms with E-state index in [1.54, 1.807) is 0 Å². The number of piperazine rings is 1. The molecule has 2 N–H and O–H groups in total. The first-order valence-electron chi connectivity index (χ1n) is 18.0. The quantitative estimate of drug-likeness (QED) is 0.415. The van der Waals surface area contributed by atoms with Crippen molar-refractivity contribution in [1.82, 2.24) is 24.5 Å². The van der Waals surface area contributed by atoms with E-state index in [0.29, 0.717) is 58.0 Å². The van der Waals surface area contributed by atoms with E-state index in [-0.39, 0.29) is 36.9 Å². The molecule has 4 heterocycles. The second kappa shape index (κ2) is 15.3. The molecule has 2 aromatic carbocycles. The number of rotatable bonds is 9. The van der Waals surface area contributed by atoms with E-state index in [9.17, 15) is 19.2 Å². The highest BCUT2D eigenvalue weighted by molar-refractivity contribution is 5.92. The van der Waals surface area contributed by atoms with Crippen molar-refractivity contribution in [3.63, 3.8) is 0 Å². The van der Waals surface area contributed by atoms with Crippen molar-refractivity contribution in [3.05, 3.63) is 64.2 Å². The van der Waals surface area contributed by atoms with Crippen LogP contribution in [0.3, 0.4) is 0 Å². The Kier molecular flexibility index (Phi) is 10.9. The van der Waals surface area contributed by atoms with Crippen LogP contribution in [-0.4, -0.2) is 124 Å². The second-order valence-electron chi connectivity index (χ2n) is 14.5. The molecule has 0 unspecified atom stereocenters. The van der Waals surface area contributed by atoms with Gasteiger partial charge >= 0.3 is 12.0 Å². The molecule has 0 aromatic heterocycles. The monoisotopic (exact) mass is 672 g/mol. The molecule has 2 aromatic rings. The zero-order chi connectivity index (χ0) is 34.7. The van der Waals surface area contributed by atoms with Crippen LogP contribution in [0.4, 0.5) is 10.5 Å². The van der Waals surface area contributed by atoms with Crippen LogP contribution in [0, 0.1) is 26.7 Å². The summed E-state index contributed by atoms with van der Waals surface area (Å²) in [6, 6.07) is 12.6. The van der Waals surface area contributed by atoms with E-state index in [2.05, 4.69) is 43.1 Å². The van der Waals surface area contributed by atoms with Crippen molar-refractivity contribution in [3.8, 4) is 0 Å². The van der Waals surface area contributed by atoms with E-state index >= 15 is 0 Å². The third-order valence-electron chi connectivity index (χ3n) is 11.4. The molecule has 0 saturated carbocycles. The molecule has 4 aliphatic rings. The van der Waals surface area contributed by atoms with Gasteiger partial charge in [0.25, 0.3) is 0 Å². The van der Waals surface area contributed by atoms with Gasteiger partial charge in [0.15, 0.2) is 0 Å². The summed E-state index contributed by atoms with van der Waals surface area (Å²) in [6.45, 7) is 12.7. The van der Waals surface area contributed by atoms with Crippen LogP contribution in [0.1, 0.15) is 59.9 Å². The van der Waals surface area contributed by atoms with Crippen LogP contribution in [0.2, 0.25) is 0 Å². The Hall–Kier alpha value is -3.96.